The van der Waals surface area contributed by atoms with Gasteiger partial charge < -0.3 is 5.73 Å². The molecule has 0 aliphatic heterocycles. The second kappa shape index (κ2) is 6.15. The standard InChI is InChI=1S/C13H15N5OS2/c1-8-4-9(2)7-18(6-8)11-10(5-15-16-12(14)20)21-13(19)17(11)3/h4-7H,1-3H3,(H2-,14,16,20)/p+1/b15-5+. The summed E-state index contributed by atoms with van der Waals surface area (Å²) in [6.07, 6.45) is 5.48. The molecule has 0 saturated heterocycles. The molecule has 0 radical (unpaired) electrons. The fourth-order valence-corrected chi connectivity index (χ4v) is 2.93. The highest BCUT2D eigenvalue weighted by Gasteiger charge is 2.21. The lowest BCUT2D eigenvalue weighted by Crippen LogP contribution is -2.36. The molecule has 2 heterocycles. The van der Waals surface area contributed by atoms with Crippen molar-refractivity contribution in [3.8, 4) is 5.82 Å². The number of nitrogens with zero attached hydrogens (tertiary/aromatic N) is 3. The number of hydrogen-bond donors (Lipinski definition) is 2. The summed E-state index contributed by atoms with van der Waals surface area (Å²) in [5.41, 5.74) is 10.0. The number of aromatic nitrogens is 2. The van der Waals surface area contributed by atoms with Crippen molar-refractivity contribution in [2.75, 3.05) is 0 Å². The fraction of sp³-hybridized carbons (Fsp3) is 0.231. The fourth-order valence-electron chi connectivity index (χ4n) is 2.03. The van der Waals surface area contributed by atoms with Crippen LogP contribution in [0.1, 0.15) is 16.0 Å². The van der Waals surface area contributed by atoms with Gasteiger partial charge in [-0.15, -0.1) is 0 Å². The van der Waals surface area contributed by atoms with Gasteiger partial charge in [-0.1, -0.05) is 0 Å². The predicted octanol–water partition coefficient (Wildman–Crippen LogP) is 0.507. The van der Waals surface area contributed by atoms with Crippen LogP contribution in [0, 0.1) is 13.8 Å². The lowest BCUT2D eigenvalue weighted by Gasteiger charge is -2.02. The summed E-state index contributed by atoms with van der Waals surface area (Å²) in [5.74, 6) is 0.755. The zero-order chi connectivity index (χ0) is 15.6. The molecule has 0 amide bonds. The van der Waals surface area contributed by atoms with E-state index in [1.165, 1.54) is 0 Å². The SMILES string of the molecule is Cc1cc(C)c[n+](-c2c(/C=N/NC(N)=S)sc(=O)n2C)c1. The summed E-state index contributed by atoms with van der Waals surface area (Å²) < 4.78 is 3.51. The van der Waals surface area contributed by atoms with Crippen LogP contribution >= 0.6 is 23.6 Å². The Morgan fingerprint density at radius 2 is 2.10 bits per heavy atom. The van der Waals surface area contributed by atoms with E-state index in [2.05, 4.69) is 28.8 Å². The van der Waals surface area contributed by atoms with Gasteiger partial charge >= 0.3 is 10.7 Å². The summed E-state index contributed by atoms with van der Waals surface area (Å²) in [7, 11) is 1.73. The van der Waals surface area contributed by atoms with Gasteiger partial charge in [0.2, 0.25) is 0 Å². The smallest absolute Gasteiger partial charge is 0.375 e. The maximum Gasteiger partial charge on any atom is 0.392 e. The summed E-state index contributed by atoms with van der Waals surface area (Å²) in [6, 6.07) is 2.07. The highest BCUT2D eigenvalue weighted by molar-refractivity contribution is 7.80. The Bertz CT molecular complexity index is 755. The zero-order valence-corrected chi connectivity index (χ0v) is 13.6. The Morgan fingerprint density at radius 1 is 1.48 bits per heavy atom. The molecule has 6 nitrogen and oxygen atoms in total. The second-order valence-electron chi connectivity index (χ2n) is 4.65. The van der Waals surface area contributed by atoms with E-state index in [9.17, 15) is 4.79 Å². The molecular formula is C13H16N5OS2+. The van der Waals surface area contributed by atoms with Gasteiger partial charge in [-0.2, -0.15) is 9.67 Å². The molecule has 0 saturated carbocycles. The van der Waals surface area contributed by atoms with E-state index in [0.29, 0.717) is 0 Å². The van der Waals surface area contributed by atoms with E-state index in [1.54, 1.807) is 17.8 Å². The lowest BCUT2D eigenvalue weighted by molar-refractivity contribution is -0.602. The van der Waals surface area contributed by atoms with Crippen LogP contribution in [0.25, 0.3) is 5.82 Å². The van der Waals surface area contributed by atoms with Gasteiger partial charge in [0.1, 0.15) is 4.88 Å². The maximum absolute atomic E-state index is 11.9. The van der Waals surface area contributed by atoms with E-state index in [0.717, 1.165) is 33.2 Å². The van der Waals surface area contributed by atoms with Gasteiger partial charge in [-0.25, -0.2) is 9.36 Å². The Balaban J connectivity index is 2.54. The molecule has 0 aliphatic carbocycles. The predicted molar refractivity (Wildman–Crippen MR) is 88.1 cm³/mol. The third-order valence-electron chi connectivity index (χ3n) is 2.75. The molecule has 0 atom stereocenters. The number of aryl methyl sites for hydroxylation is 2. The van der Waals surface area contributed by atoms with Crippen molar-refractivity contribution >= 4 is 34.9 Å². The van der Waals surface area contributed by atoms with Gasteiger partial charge in [-0.3, -0.25) is 5.43 Å². The van der Waals surface area contributed by atoms with Crippen molar-refractivity contribution < 1.29 is 4.57 Å². The number of thiocarbonyl (C=S) groups is 1. The van der Waals surface area contributed by atoms with Crippen LogP contribution in [-0.4, -0.2) is 15.9 Å². The highest BCUT2D eigenvalue weighted by atomic mass is 32.1. The quantitative estimate of drug-likeness (QED) is 0.374. The first-order valence-electron chi connectivity index (χ1n) is 6.16. The maximum atomic E-state index is 11.9. The summed E-state index contributed by atoms with van der Waals surface area (Å²) in [4.78, 5) is 12.6. The molecule has 110 valence electrons. The molecular weight excluding hydrogens is 306 g/mol. The van der Waals surface area contributed by atoms with Gasteiger partial charge in [0.15, 0.2) is 5.11 Å². The summed E-state index contributed by atoms with van der Waals surface area (Å²) >= 11 is 5.80. The van der Waals surface area contributed by atoms with E-state index < -0.39 is 0 Å². The van der Waals surface area contributed by atoms with E-state index >= 15 is 0 Å². The minimum absolute atomic E-state index is 0.0616. The Kier molecular flexibility index (Phi) is 4.49. The number of hydrogen-bond acceptors (Lipinski definition) is 4. The van der Waals surface area contributed by atoms with Crippen molar-refractivity contribution in [2.24, 2.45) is 17.9 Å². The monoisotopic (exact) mass is 322 g/mol. The van der Waals surface area contributed by atoms with E-state index in [4.69, 9.17) is 5.73 Å². The molecule has 2 rings (SSSR count). The van der Waals surface area contributed by atoms with Crippen LogP contribution in [0.15, 0.2) is 28.4 Å². The first kappa shape index (κ1) is 15.3. The third-order valence-corrected chi connectivity index (χ3v) is 3.80. The van der Waals surface area contributed by atoms with Gasteiger partial charge in [0, 0.05) is 0 Å². The minimum atomic E-state index is -0.0616. The number of pyridine rings is 1. The molecule has 0 aromatic carbocycles. The molecule has 21 heavy (non-hydrogen) atoms. The second-order valence-corrected chi connectivity index (χ2v) is 6.08. The van der Waals surface area contributed by atoms with Crippen molar-refractivity contribution in [1.82, 2.24) is 9.99 Å². The number of thiazole rings is 1. The largest absolute Gasteiger partial charge is 0.392 e. The number of hydrazone groups is 1. The average molecular weight is 322 g/mol. The van der Waals surface area contributed by atoms with Crippen molar-refractivity contribution in [2.45, 2.75) is 13.8 Å². The topological polar surface area (TPSA) is 76.3 Å². The first-order valence-corrected chi connectivity index (χ1v) is 7.39. The average Bonchev–Trinajstić information content (AvgIpc) is 2.63. The normalized spacial score (nSPS) is 11.0. The molecule has 2 aromatic rings. The number of rotatable bonds is 3. The zero-order valence-electron chi connectivity index (χ0n) is 12.0. The third kappa shape index (κ3) is 3.53. The van der Waals surface area contributed by atoms with Crippen LogP contribution in [-0.2, 0) is 7.05 Å². The van der Waals surface area contributed by atoms with Crippen molar-refractivity contribution in [3.05, 3.63) is 44.1 Å². The Hall–Kier alpha value is -2.06. The molecule has 0 spiro atoms. The van der Waals surface area contributed by atoms with Gasteiger partial charge in [0.25, 0.3) is 0 Å². The van der Waals surface area contributed by atoms with E-state index in [-0.39, 0.29) is 9.99 Å². The highest BCUT2D eigenvalue weighted by Crippen LogP contribution is 2.10. The van der Waals surface area contributed by atoms with Crippen LogP contribution in [0.5, 0.6) is 0 Å². The molecule has 0 unspecified atom stereocenters. The molecule has 0 aliphatic rings. The summed E-state index contributed by atoms with van der Waals surface area (Å²) in [6.45, 7) is 4.02. The Morgan fingerprint density at radius 3 is 2.67 bits per heavy atom. The van der Waals surface area contributed by atoms with Crippen molar-refractivity contribution in [1.29, 1.82) is 0 Å². The number of nitrogens with two attached hydrogens (primary N) is 1. The van der Waals surface area contributed by atoms with Crippen molar-refractivity contribution in [3.63, 3.8) is 0 Å². The van der Waals surface area contributed by atoms with Crippen LogP contribution in [0.3, 0.4) is 0 Å². The molecule has 0 bridgehead atoms. The van der Waals surface area contributed by atoms with Crippen LogP contribution < -0.4 is 20.6 Å². The molecule has 8 heteroatoms. The summed E-state index contributed by atoms with van der Waals surface area (Å²) in [5, 5.41) is 4.01. The van der Waals surface area contributed by atoms with Gasteiger partial charge in [0.05, 0.1) is 25.7 Å². The number of nitrogens with one attached hydrogen (secondary N) is 1. The van der Waals surface area contributed by atoms with E-state index in [1.807, 2.05) is 30.8 Å². The Labute approximate surface area is 131 Å². The van der Waals surface area contributed by atoms with Gasteiger partial charge in [-0.05, 0) is 54.6 Å². The lowest BCUT2D eigenvalue weighted by atomic mass is 10.2. The molecule has 2 aromatic heterocycles. The van der Waals surface area contributed by atoms with Crippen LogP contribution in [0.2, 0.25) is 0 Å². The van der Waals surface area contributed by atoms with Crippen LogP contribution in [0.4, 0.5) is 0 Å². The molecule has 0 fully saturated rings. The first-order chi connectivity index (χ1) is 9.88. The molecule has 3 N–H and O–H groups in total. The minimum Gasteiger partial charge on any atom is -0.375 e.